The lowest BCUT2D eigenvalue weighted by atomic mass is 10.0. The molecule has 3 heterocycles. The molecule has 1 aromatic carbocycles. The maximum Gasteiger partial charge on any atom is 0.333 e. The van der Waals surface area contributed by atoms with E-state index in [1.54, 1.807) is 43.5 Å². The summed E-state index contributed by atoms with van der Waals surface area (Å²) in [6.45, 7) is 5.26. The van der Waals surface area contributed by atoms with E-state index >= 15 is 8.78 Å². The minimum absolute atomic E-state index is 0.201. The van der Waals surface area contributed by atoms with Gasteiger partial charge in [-0.25, -0.2) is 4.98 Å². The van der Waals surface area contributed by atoms with Crippen LogP contribution < -0.4 is 0 Å². The molecule has 3 aromatic heterocycles. The van der Waals surface area contributed by atoms with Crippen molar-refractivity contribution in [3.05, 3.63) is 95.4 Å². The van der Waals surface area contributed by atoms with Gasteiger partial charge in [0.25, 0.3) is 0 Å². The fraction of sp³-hybridized carbons (Fsp3) is 0.0952. The Balaban J connectivity index is 1.83. The quantitative estimate of drug-likeness (QED) is 0.342. The van der Waals surface area contributed by atoms with Gasteiger partial charge in [0.15, 0.2) is 5.82 Å². The Hall–Kier alpha value is -3.52. The SMILES string of the molecule is C=C/C(=N\n1c(C)nnc1C(F)(F)c1ccc2ncccc2c1)c1ccnc(Cl)c1. The molecule has 0 fully saturated rings. The summed E-state index contributed by atoms with van der Waals surface area (Å²) >= 11 is 5.93. The molecule has 4 rings (SSSR count). The summed E-state index contributed by atoms with van der Waals surface area (Å²) in [5, 5.41) is 12.7. The summed E-state index contributed by atoms with van der Waals surface area (Å²) in [4.78, 5) is 8.07. The third-order valence-electron chi connectivity index (χ3n) is 4.47. The summed E-state index contributed by atoms with van der Waals surface area (Å²) < 4.78 is 31.9. The Morgan fingerprint density at radius 3 is 2.73 bits per heavy atom. The normalized spacial score (nSPS) is 12.3. The Bertz CT molecular complexity index is 1280. The average Bonchev–Trinajstić information content (AvgIpc) is 3.12. The number of alkyl halides is 2. The number of fused-ring (bicyclic) bond motifs is 1. The van der Waals surface area contributed by atoms with Crippen LogP contribution in [0.5, 0.6) is 0 Å². The molecule has 0 spiro atoms. The molecule has 0 aliphatic heterocycles. The van der Waals surface area contributed by atoms with E-state index in [2.05, 4.69) is 31.8 Å². The smallest absolute Gasteiger partial charge is 0.256 e. The Morgan fingerprint density at radius 2 is 1.97 bits per heavy atom. The van der Waals surface area contributed by atoms with Crippen LogP contribution in [0.1, 0.15) is 22.8 Å². The summed E-state index contributed by atoms with van der Waals surface area (Å²) in [6.07, 6.45) is 4.54. The van der Waals surface area contributed by atoms with E-state index in [0.717, 1.165) is 4.68 Å². The lowest BCUT2D eigenvalue weighted by molar-refractivity contribution is 0.0293. The fourth-order valence-corrected chi connectivity index (χ4v) is 3.13. The first-order chi connectivity index (χ1) is 14.4. The topological polar surface area (TPSA) is 68.8 Å². The highest BCUT2D eigenvalue weighted by Crippen LogP contribution is 2.36. The molecule has 150 valence electrons. The maximum atomic E-state index is 15.4. The minimum Gasteiger partial charge on any atom is -0.256 e. The van der Waals surface area contributed by atoms with E-state index in [9.17, 15) is 0 Å². The molecular formula is C21H15ClF2N6. The maximum absolute atomic E-state index is 15.4. The summed E-state index contributed by atoms with van der Waals surface area (Å²) in [5.74, 6) is -3.86. The number of aryl methyl sites for hydroxylation is 1. The highest BCUT2D eigenvalue weighted by Gasteiger charge is 2.40. The molecule has 30 heavy (non-hydrogen) atoms. The number of nitrogens with zero attached hydrogens (tertiary/aromatic N) is 6. The van der Waals surface area contributed by atoms with Crippen molar-refractivity contribution < 1.29 is 8.78 Å². The lowest BCUT2D eigenvalue weighted by Gasteiger charge is -2.16. The number of hydrogen-bond donors (Lipinski definition) is 0. The van der Waals surface area contributed by atoms with Gasteiger partial charge >= 0.3 is 5.92 Å². The van der Waals surface area contributed by atoms with Crippen molar-refractivity contribution in [2.75, 3.05) is 0 Å². The van der Waals surface area contributed by atoms with Crippen molar-refractivity contribution in [1.29, 1.82) is 0 Å². The number of benzene rings is 1. The number of allylic oxidation sites excluding steroid dienone is 1. The third kappa shape index (κ3) is 3.57. The van der Waals surface area contributed by atoms with Crippen molar-refractivity contribution in [3.8, 4) is 0 Å². The van der Waals surface area contributed by atoms with Gasteiger partial charge in [-0.2, -0.15) is 18.6 Å². The molecule has 0 saturated carbocycles. The van der Waals surface area contributed by atoms with Crippen LogP contribution in [0.3, 0.4) is 0 Å². The van der Waals surface area contributed by atoms with Crippen molar-refractivity contribution in [1.82, 2.24) is 24.8 Å². The molecule has 0 aliphatic carbocycles. The predicted octanol–water partition coefficient (Wildman–Crippen LogP) is 4.76. The molecule has 0 unspecified atom stereocenters. The number of rotatable bonds is 5. The van der Waals surface area contributed by atoms with E-state index in [1.165, 1.54) is 24.4 Å². The molecule has 0 radical (unpaired) electrons. The monoisotopic (exact) mass is 424 g/mol. The van der Waals surface area contributed by atoms with E-state index in [0.29, 0.717) is 22.2 Å². The van der Waals surface area contributed by atoms with Crippen LogP contribution in [0.15, 0.2) is 72.6 Å². The fourth-order valence-electron chi connectivity index (χ4n) is 2.96. The van der Waals surface area contributed by atoms with Crippen LogP contribution in [0.4, 0.5) is 8.78 Å². The third-order valence-corrected chi connectivity index (χ3v) is 4.67. The second-order valence-electron chi connectivity index (χ2n) is 6.42. The van der Waals surface area contributed by atoms with Gasteiger partial charge in [-0.05, 0) is 43.3 Å². The van der Waals surface area contributed by atoms with E-state index in [4.69, 9.17) is 11.6 Å². The Kier molecular flexibility index (Phi) is 5.09. The Labute approximate surface area is 175 Å². The second kappa shape index (κ2) is 7.72. The van der Waals surface area contributed by atoms with Crippen molar-refractivity contribution in [3.63, 3.8) is 0 Å². The molecule has 0 atom stereocenters. The molecule has 9 heteroatoms. The molecule has 0 saturated heterocycles. The molecule has 4 aromatic rings. The highest BCUT2D eigenvalue weighted by molar-refractivity contribution is 6.30. The number of aromatic nitrogens is 5. The summed E-state index contributed by atoms with van der Waals surface area (Å²) in [7, 11) is 0. The zero-order valence-corrected chi connectivity index (χ0v) is 16.6. The van der Waals surface area contributed by atoms with Gasteiger partial charge in [0, 0.05) is 28.9 Å². The Morgan fingerprint density at radius 1 is 1.13 bits per heavy atom. The van der Waals surface area contributed by atoms with Crippen LogP contribution in [-0.2, 0) is 5.92 Å². The van der Waals surface area contributed by atoms with Gasteiger partial charge < -0.3 is 0 Å². The van der Waals surface area contributed by atoms with Gasteiger partial charge in [-0.15, -0.1) is 10.2 Å². The minimum atomic E-state index is -3.45. The first-order valence-electron chi connectivity index (χ1n) is 8.89. The number of pyridine rings is 2. The van der Waals surface area contributed by atoms with Crippen LogP contribution in [0.25, 0.3) is 10.9 Å². The number of hydrogen-bond acceptors (Lipinski definition) is 5. The molecular weight excluding hydrogens is 410 g/mol. The molecule has 0 aliphatic rings. The first kappa shape index (κ1) is 19.8. The van der Waals surface area contributed by atoms with Gasteiger partial charge in [-0.1, -0.05) is 30.3 Å². The first-order valence-corrected chi connectivity index (χ1v) is 9.27. The van der Waals surface area contributed by atoms with Crippen molar-refractivity contribution in [2.45, 2.75) is 12.8 Å². The van der Waals surface area contributed by atoms with Gasteiger partial charge in [0.2, 0.25) is 5.82 Å². The van der Waals surface area contributed by atoms with Crippen molar-refractivity contribution >= 4 is 28.2 Å². The highest BCUT2D eigenvalue weighted by atomic mass is 35.5. The average molecular weight is 425 g/mol. The second-order valence-corrected chi connectivity index (χ2v) is 6.81. The van der Waals surface area contributed by atoms with Gasteiger partial charge in [0.1, 0.15) is 5.15 Å². The van der Waals surface area contributed by atoms with Crippen LogP contribution in [0.2, 0.25) is 5.15 Å². The number of halogens is 3. The molecule has 6 nitrogen and oxygen atoms in total. The summed E-state index contributed by atoms with van der Waals surface area (Å²) in [6, 6.07) is 10.9. The van der Waals surface area contributed by atoms with Crippen LogP contribution in [-0.4, -0.2) is 30.6 Å². The zero-order valence-electron chi connectivity index (χ0n) is 15.8. The predicted molar refractivity (Wildman–Crippen MR) is 111 cm³/mol. The van der Waals surface area contributed by atoms with E-state index in [-0.39, 0.29) is 16.5 Å². The summed E-state index contributed by atoms with van der Waals surface area (Å²) in [5.41, 5.74) is 1.28. The molecule has 0 bridgehead atoms. The van der Waals surface area contributed by atoms with Crippen molar-refractivity contribution in [2.24, 2.45) is 5.10 Å². The van der Waals surface area contributed by atoms with Gasteiger partial charge in [-0.3, -0.25) is 4.98 Å². The molecule has 0 amide bonds. The van der Waals surface area contributed by atoms with Gasteiger partial charge in [0.05, 0.1) is 11.2 Å². The standard InChI is InChI=1S/C21H15ClF2N6/c1-3-17(15-8-10-26-19(22)12-15)29-30-13(2)27-28-20(30)21(23,24)16-6-7-18-14(11-16)5-4-9-25-18/h3-12H,1H2,2H3/b29-17+. The van der Waals surface area contributed by atoms with E-state index < -0.39 is 11.7 Å². The molecule has 0 N–H and O–H groups in total. The van der Waals surface area contributed by atoms with E-state index in [1.807, 2.05) is 0 Å². The van der Waals surface area contributed by atoms with Crippen LogP contribution >= 0.6 is 11.6 Å². The largest absolute Gasteiger partial charge is 0.333 e. The van der Waals surface area contributed by atoms with Crippen LogP contribution in [0, 0.1) is 6.92 Å². The zero-order chi connectivity index (χ0) is 21.3. The lowest BCUT2D eigenvalue weighted by Crippen LogP contribution is -2.21.